The maximum Gasteiger partial charge on any atom is 0.203 e. The van der Waals surface area contributed by atoms with E-state index in [-0.39, 0.29) is 0 Å². The Morgan fingerprint density at radius 3 is 2.41 bits per heavy atom. The first-order valence-corrected chi connectivity index (χ1v) is 10.1. The number of guanidine groups is 1. The van der Waals surface area contributed by atoms with Crippen molar-refractivity contribution in [2.24, 2.45) is 4.99 Å². The Labute approximate surface area is 164 Å². The van der Waals surface area contributed by atoms with Crippen LogP contribution in [0, 0.1) is 22.7 Å². The molecule has 1 aromatic rings. The average Bonchev–Trinajstić information content (AvgIpc) is 2.72. The van der Waals surface area contributed by atoms with Gasteiger partial charge in [-0.05, 0) is 6.07 Å². The Hall–Kier alpha value is -2.49. The third-order valence-corrected chi connectivity index (χ3v) is 5.38. The van der Waals surface area contributed by atoms with E-state index in [2.05, 4.69) is 26.9 Å². The number of ether oxygens (including phenoxy) is 1. The lowest BCUT2D eigenvalue weighted by molar-refractivity contribution is 0.0638. The zero-order valence-corrected chi connectivity index (χ0v) is 16.5. The number of hydrogen-bond acceptors (Lipinski definition) is 7. The van der Waals surface area contributed by atoms with Crippen LogP contribution in [-0.4, -0.2) is 85.7 Å². The Morgan fingerprint density at radius 2 is 1.81 bits per heavy atom. The average molecular weight is 385 g/mol. The summed E-state index contributed by atoms with van der Waals surface area (Å²) in [6.07, 6.45) is 0. The Balaban J connectivity index is 2.04. The minimum Gasteiger partial charge on any atom is -0.378 e. The number of hydrogen-bond donors (Lipinski definition) is 0. The van der Waals surface area contributed by atoms with E-state index in [1.807, 2.05) is 30.8 Å². The Kier molecular flexibility index (Phi) is 6.38. The summed E-state index contributed by atoms with van der Waals surface area (Å²) in [5, 5.41) is 19.1. The molecule has 0 unspecified atom stereocenters. The molecule has 0 spiro atoms. The standard InChI is InChI=1S/C18H23N7OS/c1-23(2)18(25-3-7-26-8-4-25)22-16-14(12-19)11-15(13-20)17(21-16)24-5-9-27-10-6-24/h11H,3-10H2,1-2H3. The van der Waals surface area contributed by atoms with Crippen molar-refractivity contribution in [2.45, 2.75) is 0 Å². The first-order valence-electron chi connectivity index (χ1n) is 8.90. The third-order valence-electron chi connectivity index (χ3n) is 4.43. The first-order chi connectivity index (χ1) is 13.1. The van der Waals surface area contributed by atoms with Gasteiger partial charge in [0.1, 0.15) is 18.0 Å². The molecule has 0 saturated carbocycles. The van der Waals surface area contributed by atoms with Crippen molar-refractivity contribution in [1.82, 2.24) is 14.8 Å². The van der Waals surface area contributed by atoms with Gasteiger partial charge >= 0.3 is 0 Å². The number of morpholine rings is 1. The highest BCUT2D eigenvalue weighted by Gasteiger charge is 2.22. The molecule has 3 rings (SSSR count). The largest absolute Gasteiger partial charge is 0.378 e. The van der Waals surface area contributed by atoms with Crippen molar-refractivity contribution in [2.75, 3.05) is 69.9 Å². The number of nitriles is 2. The summed E-state index contributed by atoms with van der Waals surface area (Å²) in [5.74, 6) is 3.73. The number of nitrogens with zero attached hydrogens (tertiary/aromatic N) is 7. The van der Waals surface area contributed by atoms with E-state index in [1.165, 1.54) is 0 Å². The molecule has 2 saturated heterocycles. The number of pyridine rings is 1. The van der Waals surface area contributed by atoms with E-state index in [0.29, 0.717) is 36.0 Å². The molecule has 2 aliphatic heterocycles. The molecular weight excluding hydrogens is 362 g/mol. The summed E-state index contributed by atoms with van der Waals surface area (Å²) < 4.78 is 5.43. The lowest BCUT2D eigenvalue weighted by Gasteiger charge is -2.33. The van der Waals surface area contributed by atoms with E-state index < -0.39 is 0 Å². The van der Waals surface area contributed by atoms with Crippen molar-refractivity contribution >= 4 is 29.4 Å². The van der Waals surface area contributed by atoms with E-state index in [9.17, 15) is 10.5 Å². The van der Waals surface area contributed by atoms with Crippen molar-refractivity contribution in [3.05, 3.63) is 17.2 Å². The van der Waals surface area contributed by atoms with Crippen LogP contribution in [0.3, 0.4) is 0 Å². The molecule has 0 bridgehead atoms. The molecule has 0 aromatic carbocycles. The van der Waals surface area contributed by atoms with Crippen LogP contribution < -0.4 is 4.90 Å². The van der Waals surface area contributed by atoms with Gasteiger partial charge in [0.05, 0.1) is 24.3 Å². The molecule has 9 heteroatoms. The van der Waals surface area contributed by atoms with Gasteiger partial charge in [0.15, 0.2) is 5.82 Å². The van der Waals surface area contributed by atoms with E-state index in [1.54, 1.807) is 6.07 Å². The molecule has 0 amide bonds. The molecule has 0 atom stereocenters. The molecule has 27 heavy (non-hydrogen) atoms. The van der Waals surface area contributed by atoms with Gasteiger partial charge < -0.3 is 19.4 Å². The highest BCUT2D eigenvalue weighted by atomic mass is 32.2. The van der Waals surface area contributed by atoms with Crippen LogP contribution in [0.15, 0.2) is 11.1 Å². The van der Waals surface area contributed by atoms with Crippen LogP contribution in [0.2, 0.25) is 0 Å². The van der Waals surface area contributed by atoms with Crippen molar-refractivity contribution in [1.29, 1.82) is 10.5 Å². The summed E-state index contributed by atoms with van der Waals surface area (Å²) in [6.45, 7) is 4.46. The van der Waals surface area contributed by atoms with E-state index >= 15 is 0 Å². The van der Waals surface area contributed by atoms with Crippen LogP contribution in [0.5, 0.6) is 0 Å². The fraction of sp³-hybridized carbons (Fsp3) is 0.556. The van der Waals surface area contributed by atoms with Crippen LogP contribution in [0.4, 0.5) is 11.6 Å². The van der Waals surface area contributed by atoms with Gasteiger partial charge in [0.2, 0.25) is 5.96 Å². The molecule has 8 nitrogen and oxygen atoms in total. The van der Waals surface area contributed by atoms with Gasteiger partial charge in [-0.1, -0.05) is 0 Å². The SMILES string of the molecule is CN(C)C(=Nc1nc(N2CCSCC2)c(C#N)cc1C#N)N1CCOCC1. The van der Waals surface area contributed by atoms with Crippen LogP contribution in [0.1, 0.15) is 11.1 Å². The number of rotatable bonds is 2. The number of aromatic nitrogens is 1. The van der Waals surface area contributed by atoms with E-state index in [0.717, 1.165) is 43.6 Å². The molecule has 142 valence electrons. The van der Waals surface area contributed by atoms with Crippen LogP contribution >= 0.6 is 11.8 Å². The van der Waals surface area contributed by atoms with Gasteiger partial charge in [-0.3, -0.25) is 0 Å². The highest BCUT2D eigenvalue weighted by Crippen LogP contribution is 2.28. The third kappa shape index (κ3) is 4.44. The summed E-state index contributed by atoms with van der Waals surface area (Å²) in [5.41, 5.74) is 0.740. The zero-order chi connectivity index (χ0) is 19.2. The van der Waals surface area contributed by atoms with Crippen LogP contribution in [0.25, 0.3) is 0 Å². The Bertz CT molecular complexity index is 784. The second-order valence-electron chi connectivity index (χ2n) is 6.46. The number of aliphatic imine (C=N–C) groups is 1. The maximum atomic E-state index is 9.57. The smallest absolute Gasteiger partial charge is 0.203 e. The molecule has 3 heterocycles. The Morgan fingerprint density at radius 1 is 1.15 bits per heavy atom. The van der Waals surface area contributed by atoms with Gasteiger partial charge in [0, 0.05) is 51.8 Å². The van der Waals surface area contributed by atoms with Gasteiger partial charge in [-0.15, -0.1) is 0 Å². The predicted molar refractivity (Wildman–Crippen MR) is 106 cm³/mol. The zero-order valence-electron chi connectivity index (χ0n) is 15.7. The van der Waals surface area contributed by atoms with Crippen molar-refractivity contribution in [3.63, 3.8) is 0 Å². The lowest BCUT2D eigenvalue weighted by atomic mass is 10.2. The molecule has 0 aliphatic carbocycles. The fourth-order valence-electron chi connectivity index (χ4n) is 3.07. The maximum absolute atomic E-state index is 9.57. The quantitative estimate of drug-likeness (QED) is 0.555. The predicted octanol–water partition coefficient (Wildman–Crippen LogP) is 1.26. The molecular formula is C18H23N7OS. The highest BCUT2D eigenvalue weighted by molar-refractivity contribution is 7.99. The molecule has 0 N–H and O–H groups in total. The van der Waals surface area contributed by atoms with Gasteiger partial charge in [-0.2, -0.15) is 27.3 Å². The molecule has 2 fully saturated rings. The molecule has 1 aromatic heterocycles. The minimum absolute atomic E-state index is 0.314. The monoisotopic (exact) mass is 385 g/mol. The van der Waals surface area contributed by atoms with Gasteiger partial charge in [-0.25, -0.2) is 4.98 Å². The summed E-state index contributed by atoms with van der Waals surface area (Å²) in [4.78, 5) is 15.5. The summed E-state index contributed by atoms with van der Waals surface area (Å²) in [7, 11) is 3.85. The number of anilines is 1. The minimum atomic E-state index is 0.314. The van der Waals surface area contributed by atoms with Crippen LogP contribution in [-0.2, 0) is 4.74 Å². The molecule has 2 aliphatic rings. The van der Waals surface area contributed by atoms with Gasteiger partial charge in [0.25, 0.3) is 0 Å². The van der Waals surface area contributed by atoms with Crippen molar-refractivity contribution < 1.29 is 4.74 Å². The molecule has 0 radical (unpaired) electrons. The summed E-state index contributed by atoms with van der Waals surface area (Å²) >= 11 is 1.89. The first kappa shape index (κ1) is 19.3. The van der Waals surface area contributed by atoms with Crippen molar-refractivity contribution in [3.8, 4) is 12.1 Å². The fourth-order valence-corrected chi connectivity index (χ4v) is 3.97. The topological polar surface area (TPSA) is 91.8 Å². The second kappa shape index (κ2) is 8.94. The second-order valence-corrected chi connectivity index (χ2v) is 7.68. The summed E-state index contributed by atoms with van der Waals surface area (Å²) in [6, 6.07) is 5.94. The van der Waals surface area contributed by atoms with E-state index in [4.69, 9.17) is 9.73 Å². The number of thioether (sulfide) groups is 1. The normalized spacial score (nSPS) is 18.0. The lowest BCUT2D eigenvalue weighted by Crippen LogP contribution is -2.46.